The highest BCUT2D eigenvalue weighted by molar-refractivity contribution is 7.89. The second-order valence-electron chi connectivity index (χ2n) is 4.67. The minimum atomic E-state index is -3.72. The molecule has 19 heavy (non-hydrogen) atoms. The average molecular weight is 285 g/mol. The number of carbonyl (C=O) groups is 1. The summed E-state index contributed by atoms with van der Waals surface area (Å²) >= 11 is 0. The third kappa shape index (κ3) is 3.93. The van der Waals surface area contributed by atoms with Crippen molar-refractivity contribution in [2.24, 2.45) is 5.73 Å². The minimum absolute atomic E-state index is 0.0560. The third-order valence-corrected chi connectivity index (χ3v) is 4.41. The van der Waals surface area contributed by atoms with Crippen LogP contribution >= 0.6 is 0 Å². The Hall–Kier alpha value is -1.60. The number of rotatable bonds is 5. The molecule has 1 aromatic carbocycles. The number of hydrogen-bond donors (Lipinski definition) is 3. The first-order chi connectivity index (χ1) is 8.63. The summed E-state index contributed by atoms with van der Waals surface area (Å²) in [6, 6.07) is 2.69. The van der Waals surface area contributed by atoms with Crippen LogP contribution in [0.5, 0.6) is 0 Å². The number of carbonyl (C=O) groups excluding carboxylic acids is 1. The van der Waals surface area contributed by atoms with Crippen LogP contribution in [0.15, 0.2) is 17.0 Å². The summed E-state index contributed by atoms with van der Waals surface area (Å²) in [5.41, 5.74) is 12.5. The SMILES string of the molecule is Cc1cc(N)c(C)c(S(=O)(=O)NC(C)CC(N)=O)c1. The normalized spacial score (nSPS) is 13.2. The van der Waals surface area contributed by atoms with E-state index >= 15 is 0 Å². The van der Waals surface area contributed by atoms with Crippen molar-refractivity contribution in [1.29, 1.82) is 0 Å². The van der Waals surface area contributed by atoms with E-state index in [0.717, 1.165) is 5.56 Å². The van der Waals surface area contributed by atoms with Gasteiger partial charge >= 0.3 is 0 Å². The van der Waals surface area contributed by atoms with Crippen LogP contribution in [-0.2, 0) is 14.8 Å². The Morgan fingerprint density at radius 3 is 2.47 bits per heavy atom. The van der Waals surface area contributed by atoms with Gasteiger partial charge in [-0.1, -0.05) is 0 Å². The molecular weight excluding hydrogens is 266 g/mol. The average Bonchev–Trinajstić information content (AvgIpc) is 2.20. The van der Waals surface area contributed by atoms with E-state index in [1.54, 1.807) is 32.9 Å². The molecule has 0 aromatic heterocycles. The zero-order valence-corrected chi connectivity index (χ0v) is 12.0. The van der Waals surface area contributed by atoms with E-state index in [2.05, 4.69) is 4.72 Å². The quantitative estimate of drug-likeness (QED) is 0.680. The Bertz CT molecular complexity index is 596. The van der Waals surface area contributed by atoms with Crippen LogP contribution in [0, 0.1) is 13.8 Å². The lowest BCUT2D eigenvalue weighted by atomic mass is 10.1. The van der Waals surface area contributed by atoms with Gasteiger partial charge in [0.25, 0.3) is 0 Å². The van der Waals surface area contributed by atoms with E-state index < -0.39 is 22.0 Å². The largest absolute Gasteiger partial charge is 0.398 e. The lowest BCUT2D eigenvalue weighted by Gasteiger charge is -2.15. The fourth-order valence-electron chi connectivity index (χ4n) is 1.80. The smallest absolute Gasteiger partial charge is 0.241 e. The molecule has 0 aliphatic carbocycles. The van der Waals surface area contributed by atoms with Crippen molar-refractivity contribution >= 4 is 21.6 Å². The number of aryl methyl sites for hydroxylation is 1. The Balaban J connectivity index is 3.11. The van der Waals surface area contributed by atoms with E-state index in [1.165, 1.54) is 0 Å². The molecule has 7 heteroatoms. The summed E-state index contributed by atoms with van der Waals surface area (Å²) in [5.74, 6) is -0.560. The highest BCUT2D eigenvalue weighted by atomic mass is 32.2. The van der Waals surface area contributed by atoms with Gasteiger partial charge in [0.15, 0.2) is 0 Å². The van der Waals surface area contributed by atoms with Crippen molar-refractivity contribution < 1.29 is 13.2 Å². The van der Waals surface area contributed by atoms with Crippen molar-refractivity contribution in [2.45, 2.75) is 38.1 Å². The standard InChI is InChI=1S/C12H19N3O3S/c1-7-4-10(13)9(3)11(5-7)19(17,18)15-8(2)6-12(14)16/h4-5,8,15H,6,13H2,1-3H3,(H2,14,16). The maximum Gasteiger partial charge on any atom is 0.241 e. The minimum Gasteiger partial charge on any atom is -0.398 e. The van der Waals surface area contributed by atoms with Gasteiger partial charge < -0.3 is 11.5 Å². The molecular formula is C12H19N3O3S. The summed E-state index contributed by atoms with van der Waals surface area (Å²) in [6.07, 6.45) is -0.0560. The van der Waals surface area contributed by atoms with E-state index in [-0.39, 0.29) is 11.3 Å². The van der Waals surface area contributed by atoms with Crippen LogP contribution in [0.25, 0.3) is 0 Å². The van der Waals surface area contributed by atoms with Crippen LogP contribution < -0.4 is 16.2 Å². The lowest BCUT2D eigenvalue weighted by Crippen LogP contribution is -2.36. The van der Waals surface area contributed by atoms with Gasteiger partial charge in [0.05, 0.1) is 4.90 Å². The maximum atomic E-state index is 12.2. The molecule has 0 saturated carbocycles. The molecule has 1 unspecified atom stereocenters. The fourth-order valence-corrected chi connectivity index (χ4v) is 3.41. The number of nitrogens with two attached hydrogens (primary N) is 2. The summed E-state index contributed by atoms with van der Waals surface area (Å²) in [7, 11) is -3.72. The van der Waals surface area contributed by atoms with Crippen molar-refractivity contribution in [3.05, 3.63) is 23.3 Å². The molecule has 1 atom stereocenters. The Labute approximate surface area is 113 Å². The van der Waals surface area contributed by atoms with Crippen molar-refractivity contribution in [3.63, 3.8) is 0 Å². The predicted molar refractivity (Wildman–Crippen MR) is 73.9 cm³/mol. The molecule has 0 heterocycles. The van der Waals surface area contributed by atoms with Crippen molar-refractivity contribution in [1.82, 2.24) is 4.72 Å². The summed E-state index contributed by atoms with van der Waals surface area (Å²) < 4.78 is 26.9. The molecule has 0 bridgehead atoms. The number of nitrogens with one attached hydrogen (secondary N) is 1. The first-order valence-electron chi connectivity index (χ1n) is 5.81. The molecule has 0 fully saturated rings. The number of amides is 1. The van der Waals surface area contributed by atoms with Crippen LogP contribution in [-0.4, -0.2) is 20.4 Å². The Kier molecular flexibility index (Phi) is 4.54. The molecule has 0 saturated heterocycles. The fraction of sp³-hybridized carbons (Fsp3) is 0.417. The van der Waals surface area contributed by atoms with E-state index in [1.807, 2.05) is 0 Å². The molecule has 106 valence electrons. The number of benzene rings is 1. The summed E-state index contributed by atoms with van der Waals surface area (Å²) in [5, 5.41) is 0. The first kappa shape index (κ1) is 15.5. The molecule has 1 aromatic rings. The lowest BCUT2D eigenvalue weighted by molar-refractivity contribution is -0.118. The first-order valence-corrected chi connectivity index (χ1v) is 7.29. The monoisotopic (exact) mass is 285 g/mol. The van der Waals surface area contributed by atoms with Gasteiger partial charge in [0.2, 0.25) is 15.9 Å². The van der Waals surface area contributed by atoms with Crippen LogP contribution in [0.2, 0.25) is 0 Å². The number of anilines is 1. The van der Waals surface area contributed by atoms with E-state index in [4.69, 9.17) is 11.5 Å². The topological polar surface area (TPSA) is 115 Å². The summed E-state index contributed by atoms with van der Waals surface area (Å²) in [4.78, 5) is 10.9. The van der Waals surface area contributed by atoms with Gasteiger partial charge in [-0.3, -0.25) is 4.79 Å². The molecule has 0 spiro atoms. The van der Waals surface area contributed by atoms with E-state index in [9.17, 15) is 13.2 Å². The zero-order valence-electron chi connectivity index (χ0n) is 11.2. The molecule has 6 nitrogen and oxygen atoms in total. The number of primary amides is 1. The molecule has 0 aliphatic heterocycles. The van der Waals surface area contributed by atoms with Crippen LogP contribution in [0.3, 0.4) is 0 Å². The number of nitrogen functional groups attached to an aromatic ring is 1. The van der Waals surface area contributed by atoms with Crippen LogP contribution in [0.1, 0.15) is 24.5 Å². The van der Waals surface area contributed by atoms with Gasteiger partial charge in [-0.05, 0) is 44.0 Å². The second kappa shape index (κ2) is 5.58. The van der Waals surface area contributed by atoms with Gasteiger partial charge in [-0.25, -0.2) is 13.1 Å². The molecule has 1 amide bonds. The Morgan fingerprint density at radius 1 is 1.37 bits per heavy atom. The van der Waals surface area contributed by atoms with Crippen molar-refractivity contribution in [3.8, 4) is 0 Å². The van der Waals surface area contributed by atoms with Gasteiger partial charge in [-0.15, -0.1) is 0 Å². The molecule has 1 rings (SSSR count). The molecule has 5 N–H and O–H groups in total. The number of sulfonamides is 1. The third-order valence-electron chi connectivity index (χ3n) is 2.70. The van der Waals surface area contributed by atoms with E-state index in [0.29, 0.717) is 11.3 Å². The van der Waals surface area contributed by atoms with Gasteiger partial charge in [-0.2, -0.15) is 0 Å². The van der Waals surface area contributed by atoms with Crippen molar-refractivity contribution in [2.75, 3.05) is 5.73 Å². The van der Waals surface area contributed by atoms with Gasteiger partial charge in [0.1, 0.15) is 0 Å². The second-order valence-corrected chi connectivity index (χ2v) is 6.35. The predicted octanol–water partition coefficient (Wildman–Crippen LogP) is 0.428. The maximum absolute atomic E-state index is 12.2. The van der Waals surface area contributed by atoms with Gasteiger partial charge in [0, 0.05) is 18.2 Å². The highest BCUT2D eigenvalue weighted by Gasteiger charge is 2.21. The highest BCUT2D eigenvalue weighted by Crippen LogP contribution is 2.23. The molecule has 0 radical (unpaired) electrons. The molecule has 0 aliphatic rings. The Morgan fingerprint density at radius 2 is 1.95 bits per heavy atom. The number of hydrogen-bond acceptors (Lipinski definition) is 4. The summed E-state index contributed by atoms with van der Waals surface area (Å²) in [6.45, 7) is 4.99. The van der Waals surface area contributed by atoms with Crippen LogP contribution in [0.4, 0.5) is 5.69 Å². The zero-order chi connectivity index (χ0) is 14.8.